The maximum Gasteiger partial charge on any atom is 0.329 e. The van der Waals surface area contributed by atoms with E-state index in [1.54, 1.807) is 36.4 Å². The van der Waals surface area contributed by atoms with Crippen molar-refractivity contribution in [2.45, 2.75) is 13.8 Å². The van der Waals surface area contributed by atoms with Crippen LogP contribution in [0.1, 0.15) is 16.7 Å². The molecule has 0 spiro atoms. The fraction of sp³-hybridized carbons (Fsp3) is 0.120. The zero-order valence-electron chi connectivity index (χ0n) is 18.9. The first kappa shape index (κ1) is 25.7. The number of ether oxygens (including phenoxy) is 1. The van der Waals surface area contributed by atoms with Crippen molar-refractivity contribution in [3.8, 4) is 5.75 Å². The van der Waals surface area contributed by atoms with Crippen molar-refractivity contribution in [3.63, 3.8) is 0 Å². The summed E-state index contributed by atoms with van der Waals surface area (Å²) in [5, 5.41) is 9.32. The van der Waals surface area contributed by atoms with Crippen LogP contribution in [0.25, 0.3) is 0 Å². The van der Waals surface area contributed by atoms with Crippen LogP contribution in [0.3, 0.4) is 0 Å². The Bertz CT molecular complexity index is 1290. The van der Waals surface area contributed by atoms with Gasteiger partial charge in [-0.15, -0.1) is 0 Å². The number of amides is 3. The monoisotopic (exact) mass is 512 g/mol. The third-order valence-corrected chi connectivity index (χ3v) is 5.53. The highest BCUT2D eigenvalue weighted by atomic mass is 35.5. The van der Waals surface area contributed by atoms with Crippen molar-refractivity contribution < 1.29 is 19.1 Å². The van der Waals surface area contributed by atoms with Crippen molar-refractivity contribution in [2.75, 3.05) is 17.2 Å². The molecule has 0 radical (unpaired) electrons. The molecule has 3 aromatic carbocycles. The number of carbonyl (C=O) groups excluding carboxylic acids is 3. The van der Waals surface area contributed by atoms with Crippen LogP contribution in [0.5, 0.6) is 5.75 Å². The fourth-order valence-electron chi connectivity index (χ4n) is 2.99. The number of aryl methyl sites for hydroxylation is 2. The molecule has 0 aromatic heterocycles. The lowest BCUT2D eigenvalue weighted by atomic mass is 10.1. The van der Waals surface area contributed by atoms with E-state index >= 15 is 0 Å². The number of hydrogen-bond acceptors (Lipinski definition) is 5. The summed E-state index contributed by atoms with van der Waals surface area (Å²) in [6, 6.07) is 17.2. The Hall–Kier alpha value is -3.88. The molecule has 0 aliphatic heterocycles. The normalized spacial score (nSPS) is 10.6. The van der Waals surface area contributed by atoms with E-state index in [9.17, 15) is 14.4 Å². The molecule has 10 heteroatoms. The largest absolute Gasteiger partial charge is 0.483 e. The maximum absolute atomic E-state index is 12.3. The van der Waals surface area contributed by atoms with Gasteiger partial charge in [-0.3, -0.25) is 14.4 Å². The minimum atomic E-state index is -1.01. The van der Waals surface area contributed by atoms with E-state index in [-0.39, 0.29) is 28.2 Å². The Morgan fingerprint density at radius 1 is 0.914 bits per heavy atom. The second-order valence-electron chi connectivity index (χ2n) is 7.45. The van der Waals surface area contributed by atoms with Crippen LogP contribution >= 0.6 is 23.2 Å². The van der Waals surface area contributed by atoms with Gasteiger partial charge in [-0.1, -0.05) is 59.1 Å². The van der Waals surface area contributed by atoms with Crippen LogP contribution in [0.4, 0.5) is 11.4 Å². The number of anilines is 2. The van der Waals surface area contributed by atoms with E-state index in [0.29, 0.717) is 17.0 Å². The Balaban J connectivity index is 1.56. The molecule has 35 heavy (non-hydrogen) atoms. The molecule has 3 aromatic rings. The number of para-hydroxylation sites is 1. The highest BCUT2D eigenvalue weighted by Crippen LogP contribution is 2.29. The summed E-state index contributed by atoms with van der Waals surface area (Å²) in [5.74, 6) is -1.94. The predicted octanol–water partition coefficient (Wildman–Crippen LogP) is 4.72. The molecule has 8 nitrogen and oxygen atoms in total. The summed E-state index contributed by atoms with van der Waals surface area (Å²) in [6.45, 7) is 3.66. The van der Waals surface area contributed by atoms with Gasteiger partial charge in [0, 0.05) is 11.3 Å². The van der Waals surface area contributed by atoms with E-state index in [1.165, 1.54) is 12.3 Å². The average molecular weight is 513 g/mol. The summed E-state index contributed by atoms with van der Waals surface area (Å²) in [6.07, 6.45) is 1.30. The number of carbonyl (C=O) groups is 3. The fourth-order valence-corrected chi connectivity index (χ4v) is 3.34. The van der Waals surface area contributed by atoms with Gasteiger partial charge >= 0.3 is 11.8 Å². The van der Waals surface area contributed by atoms with Gasteiger partial charge in [0.05, 0.1) is 21.9 Å². The van der Waals surface area contributed by atoms with Crippen molar-refractivity contribution in [3.05, 3.63) is 87.4 Å². The molecular formula is C25H22Cl2N4O4. The summed E-state index contributed by atoms with van der Waals surface area (Å²) in [4.78, 5) is 36.5. The predicted molar refractivity (Wildman–Crippen MR) is 137 cm³/mol. The van der Waals surface area contributed by atoms with Crippen LogP contribution in [0, 0.1) is 13.8 Å². The summed E-state index contributed by atoms with van der Waals surface area (Å²) >= 11 is 11.9. The smallest absolute Gasteiger partial charge is 0.329 e. The molecule has 0 bridgehead atoms. The molecule has 3 N–H and O–H groups in total. The number of hydrogen-bond donors (Lipinski definition) is 3. The molecule has 0 fully saturated rings. The second-order valence-corrected chi connectivity index (χ2v) is 8.23. The first-order valence-electron chi connectivity index (χ1n) is 10.4. The van der Waals surface area contributed by atoms with Crippen molar-refractivity contribution in [1.82, 2.24) is 5.43 Å². The number of halogens is 2. The number of rotatable bonds is 7. The lowest BCUT2D eigenvalue weighted by Crippen LogP contribution is -2.32. The molecule has 0 aliphatic carbocycles. The van der Waals surface area contributed by atoms with E-state index in [0.717, 1.165) is 11.1 Å². The molecule has 0 unspecified atom stereocenters. The minimum absolute atomic E-state index is 0.117. The van der Waals surface area contributed by atoms with Gasteiger partial charge in [0.15, 0.2) is 6.61 Å². The number of nitrogens with zero attached hydrogens (tertiary/aromatic N) is 1. The molecule has 180 valence electrons. The van der Waals surface area contributed by atoms with Crippen LogP contribution in [-0.2, 0) is 14.4 Å². The Labute approximate surface area is 212 Å². The van der Waals surface area contributed by atoms with Gasteiger partial charge in [-0.2, -0.15) is 5.10 Å². The van der Waals surface area contributed by atoms with Gasteiger partial charge in [0.1, 0.15) is 5.75 Å². The second kappa shape index (κ2) is 12.0. The quantitative estimate of drug-likeness (QED) is 0.241. The van der Waals surface area contributed by atoms with Gasteiger partial charge in [0.2, 0.25) is 0 Å². The first-order chi connectivity index (χ1) is 16.7. The summed E-state index contributed by atoms with van der Waals surface area (Å²) in [5.41, 5.74) is 5.57. The molecule has 3 amide bonds. The van der Waals surface area contributed by atoms with Crippen LogP contribution in [-0.4, -0.2) is 30.5 Å². The third-order valence-electron chi connectivity index (χ3n) is 4.71. The van der Waals surface area contributed by atoms with E-state index in [2.05, 4.69) is 21.2 Å². The molecule has 0 atom stereocenters. The Kier molecular flexibility index (Phi) is 8.83. The van der Waals surface area contributed by atoms with E-state index in [1.807, 2.05) is 32.0 Å². The van der Waals surface area contributed by atoms with Gasteiger partial charge < -0.3 is 15.4 Å². The third kappa shape index (κ3) is 7.30. The molecule has 3 rings (SSSR count). The standard InChI is InChI=1S/C25H22Cl2N4O4/c1-15-10-11-19(16(2)12-15)29-22(32)14-35-21-9-4-3-6-17(21)13-28-31-25(34)24(33)30-20-8-5-7-18(26)23(20)27/h3-13H,14H2,1-2H3,(H,29,32)(H,30,33)(H,31,34)/b28-13-. The van der Waals surface area contributed by atoms with E-state index in [4.69, 9.17) is 27.9 Å². The number of hydrazone groups is 1. The highest BCUT2D eigenvalue weighted by Gasteiger charge is 2.15. The van der Waals surface area contributed by atoms with Crippen molar-refractivity contribution >= 4 is 58.5 Å². The molecule has 0 aliphatic rings. The zero-order chi connectivity index (χ0) is 25.4. The average Bonchev–Trinajstić information content (AvgIpc) is 2.83. The Morgan fingerprint density at radius 3 is 2.46 bits per heavy atom. The highest BCUT2D eigenvalue weighted by molar-refractivity contribution is 6.45. The van der Waals surface area contributed by atoms with Crippen LogP contribution in [0.2, 0.25) is 10.0 Å². The summed E-state index contributed by atoms with van der Waals surface area (Å²) in [7, 11) is 0. The number of nitrogens with one attached hydrogen (secondary N) is 3. The van der Waals surface area contributed by atoms with Crippen LogP contribution in [0.15, 0.2) is 65.8 Å². The van der Waals surface area contributed by atoms with Crippen LogP contribution < -0.4 is 20.8 Å². The Morgan fingerprint density at radius 2 is 1.69 bits per heavy atom. The molecule has 0 saturated carbocycles. The van der Waals surface area contributed by atoms with Gasteiger partial charge in [-0.25, -0.2) is 5.43 Å². The van der Waals surface area contributed by atoms with Crippen molar-refractivity contribution in [1.29, 1.82) is 0 Å². The topological polar surface area (TPSA) is 109 Å². The van der Waals surface area contributed by atoms with Gasteiger partial charge in [0.25, 0.3) is 5.91 Å². The first-order valence-corrected chi connectivity index (χ1v) is 11.2. The zero-order valence-corrected chi connectivity index (χ0v) is 20.4. The molecular weight excluding hydrogens is 491 g/mol. The maximum atomic E-state index is 12.3. The SMILES string of the molecule is Cc1ccc(NC(=O)COc2ccccc2/C=N\NC(=O)C(=O)Nc2cccc(Cl)c2Cl)c(C)c1. The summed E-state index contributed by atoms with van der Waals surface area (Å²) < 4.78 is 5.62. The van der Waals surface area contributed by atoms with Gasteiger partial charge in [-0.05, 0) is 49.7 Å². The lowest BCUT2D eigenvalue weighted by Gasteiger charge is -2.11. The lowest BCUT2D eigenvalue weighted by molar-refractivity contribution is -0.136. The minimum Gasteiger partial charge on any atom is -0.483 e. The molecule has 0 saturated heterocycles. The number of benzene rings is 3. The molecule has 0 heterocycles. The van der Waals surface area contributed by atoms with Crippen molar-refractivity contribution in [2.24, 2.45) is 5.10 Å². The van der Waals surface area contributed by atoms with E-state index < -0.39 is 11.8 Å².